The molecule has 1 amide bonds. The number of nitrogens with zero attached hydrogens (tertiary/aromatic N) is 3. The number of halogens is 1. The van der Waals surface area contributed by atoms with E-state index in [1.807, 2.05) is 15.6 Å². The Labute approximate surface area is 146 Å². The molecule has 2 heterocycles. The number of hydrogen-bond acceptors (Lipinski definition) is 3. The molecule has 0 aliphatic carbocycles. The van der Waals surface area contributed by atoms with Crippen molar-refractivity contribution in [2.45, 2.75) is 65.5 Å². The molecule has 0 saturated carbocycles. The zero-order chi connectivity index (χ0) is 16.7. The second kappa shape index (κ2) is 7.22. The Morgan fingerprint density at radius 2 is 2.04 bits per heavy atom. The van der Waals surface area contributed by atoms with Crippen LogP contribution in [0.2, 0.25) is 0 Å². The minimum atomic E-state index is -0.130. The van der Waals surface area contributed by atoms with Crippen LogP contribution in [-0.4, -0.2) is 39.7 Å². The van der Waals surface area contributed by atoms with Crippen molar-refractivity contribution in [3.05, 3.63) is 17.5 Å². The number of likely N-dealkylation sites (tertiary alicyclic amines) is 1. The lowest BCUT2D eigenvalue weighted by molar-refractivity contribution is 0.0735. The number of hydrogen-bond donors (Lipinski definition) is 1. The van der Waals surface area contributed by atoms with Crippen molar-refractivity contribution in [1.82, 2.24) is 14.7 Å². The van der Waals surface area contributed by atoms with E-state index in [9.17, 15) is 4.79 Å². The van der Waals surface area contributed by atoms with Gasteiger partial charge in [-0.25, -0.2) is 0 Å². The molecule has 23 heavy (non-hydrogen) atoms. The summed E-state index contributed by atoms with van der Waals surface area (Å²) in [6.07, 6.45) is 0.985. The van der Waals surface area contributed by atoms with Gasteiger partial charge in [0.05, 0.1) is 5.54 Å². The molecule has 2 N–H and O–H groups in total. The third-order valence-electron chi connectivity index (χ3n) is 4.44. The van der Waals surface area contributed by atoms with E-state index >= 15 is 0 Å². The Hall–Kier alpha value is -1.07. The average Bonchev–Trinajstić information content (AvgIpc) is 3.01. The van der Waals surface area contributed by atoms with Crippen LogP contribution in [0.4, 0.5) is 0 Å². The highest BCUT2D eigenvalue weighted by atomic mass is 35.5. The highest BCUT2D eigenvalue weighted by molar-refractivity contribution is 5.93. The lowest BCUT2D eigenvalue weighted by Crippen LogP contribution is -2.35. The lowest BCUT2D eigenvalue weighted by atomic mass is 10.1. The Kier molecular flexibility index (Phi) is 6.27. The SMILES string of the molecule is CC(C)c1cc(C(=O)N2CC(CN)CC2C)nn1C(C)(C)C.Cl. The van der Waals surface area contributed by atoms with Gasteiger partial charge in [-0.2, -0.15) is 5.10 Å². The van der Waals surface area contributed by atoms with Crippen LogP contribution in [0.15, 0.2) is 6.07 Å². The van der Waals surface area contributed by atoms with E-state index in [0.717, 1.165) is 18.7 Å². The molecule has 5 nitrogen and oxygen atoms in total. The molecular formula is C17H31ClN4O. The molecule has 0 radical (unpaired) electrons. The van der Waals surface area contributed by atoms with Gasteiger partial charge < -0.3 is 10.6 Å². The van der Waals surface area contributed by atoms with Gasteiger partial charge in [-0.1, -0.05) is 13.8 Å². The summed E-state index contributed by atoms with van der Waals surface area (Å²) < 4.78 is 1.99. The fourth-order valence-corrected chi connectivity index (χ4v) is 3.19. The molecule has 2 unspecified atom stereocenters. The van der Waals surface area contributed by atoms with Gasteiger partial charge >= 0.3 is 0 Å². The normalized spacial score (nSPS) is 21.7. The Bertz CT molecular complexity index is 547. The number of nitrogens with two attached hydrogens (primary N) is 1. The second-order valence-corrected chi connectivity index (χ2v) is 7.84. The Morgan fingerprint density at radius 3 is 2.43 bits per heavy atom. The van der Waals surface area contributed by atoms with Crippen LogP contribution in [-0.2, 0) is 5.54 Å². The summed E-state index contributed by atoms with van der Waals surface area (Å²) in [5.74, 6) is 0.780. The third-order valence-corrected chi connectivity index (χ3v) is 4.44. The van der Waals surface area contributed by atoms with Crippen LogP contribution in [0.1, 0.15) is 70.1 Å². The first-order valence-electron chi connectivity index (χ1n) is 8.26. The summed E-state index contributed by atoms with van der Waals surface area (Å²) in [4.78, 5) is 14.8. The summed E-state index contributed by atoms with van der Waals surface area (Å²) >= 11 is 0. The highest BCUT2D eigenvalue weighted by Gasteiger charge is 2.34. The van der Waals surface area contributed by atoms with Crippen molar-refractivity contribution in [3.63, 3.8) is 0 Å². The molecule has 6 heteroatoms. The summed E-state index contributed by atoms with van der Waals surface area (Å²) in [5.41, 5.74) is 7.30. The molecule has 2 atom stereocenters. The molecule has 1 aromatic rings. The number of amides is 1. The predicted octanol–water partition coefficient (Wildman–Crippen LogP) is 2.99. The monoisotopic (exact) mass is 342 g/mol. The maximum Gasteiger partial charge on any atom is 0.274 e. The highest BCUT2D eigenvalue weighted by Crippen LogP contribution is 2.27. The van der Waals surface area contributed by atoms with Gasteiger partial charge in [-0.05, 0) is 58.6 Å². The van der Waals surface area contributed by atoms with Crippen molar-refractivity contribution in [3.8, 4) is 0 Å². The van der Waals surface area contributed by atoms with Gasteiger partial charge in [0.2, 0.25) is 0 Å². The van der Waals surface area contributed by atoms with Crippen LogP contribution in [0, 0.1) is 5.92 Å². The van der Waals surface area contributed by atoms with Gasteiger partial charge in [0.15, 0.2) is 5.69 Å². The van der Waals surface area contributed by atoms with Crippen LogP contribution >= 0.6 is 12.4 Å². The van der Waals surface area contributed by atoms with Gasteiger partial charge in [-0.15, -0.1) is 12.4 Å². The molecule has 2 rings (SSSR count). The first kappa shape index (κ1) is 20.0. The average molecular weight is 343 g/mol. The van der Waals surface area contributed by atoms with Crippen molar-refractivity contribution in [1.29, 1.82) is 0 Å². The fraction of sp³-hybridized carbons (Fsp3) is 0.765. The topological polar surface area (TPSA) is 64.2 Å². The number of aromatic nitrogens is 2. The Balaban J connectivity index is 0.00000264. The van der Waals surface area contributed by atoms with Crippen molar-refractivity contribution in [2.75, 3.05) is 13.1 Å². The number of rotatable bonds is 3. The smallest absolute Gasteiger partial charge is 0.274 e. The summed E-state index contributed by atoms with van der Waals surface area (Å²) in [5, 5.41) is 4.63. The van der Waals surface area contributed by atoms with Crippen LogP contribution in [0.5, 0.6) is 0 Å². The first-order chi connectivity index (χ1) is 10.1. The predicted molar refractivity (Wildman–Crippen MR) is 96.2 cm³/mol. The molecule has 1 aliphatic rings. The number of carbonyl (C=O) groups is 1. The standard InChI is InChI=1S/C17H30N4O.ClH/c1-11(2)15-8-14(19-21(15)17(4,5)6)16(22)20-10-13(9-18)7-12(20)3;/h8,11-13H,7,9-10,18H2,1-6H3;1H. The van der Waals surface area contributed by atoms with E-state index in [2.05, 4.69) is 46.6 Å². The molecule has 0 spiro atoms. The maximum absolute atomic E-state index is 12.8. The van der Waals surface area contributed by atoms with Crippen LogP contribution in [0.25, 0.3) is 0 Å². The van der Waals surface area contributed by atoms with Crippen molar-refractivity contribution < 1.29 is 4.79 Å². The molecule has 1 fully saturated rings. The zero-order valence-electron chi connectivity index (χ0n) is 15.2. The van der Waals surface area contributed by atoms with Crippen molar-refractivity contribution >= 4 is 18.3 Å². The molecule has 132 valence electrons. The summed E-state index contributed by atoms with van der Waals surface area (Å²) in [7, 11) is 0. The lowest BCUT2D eigenvalue weighted by Gasteiger charge is -2.24. The third kappa shape index (κ3) is 4.07. The van der Waals surface area contributed by atoms with E-state index in [1.54, 1.807) is 0 Å². The van der Waals surface area contributed by atoms with Gasteiger partial charge in [-0.3, -0.25) is 9.48 Å². The quantitative estimate of drug-likeness (QED) is 0.918. The van der Waals surface area contributed by atoms with E-state index in [4.69, 9.17) is 5.73 Å². The molecule has 1 aromatic heterocycles. The molecule has 1 aliphatic heterocycles. The number of carbonyl (C=O) groups excluding carboxylic acids is 1. The summed E-state index contributed by atoms with van der Waals surface area (Å²) in [6, 6.07) is 2.20. The molecule has 0 aromatic carbocycles. The first-order valence-corrected chi connectivity index (χ1v) is 8.26. The minimum absolute atomic E-state index is 0. The molecule has 0 bridgehead atoms. The van der Waals surface area contributed by atoms with Crippen LogP contribution in [0.3, 0.4) is 0 Å². The van der Waals surface area contributed by atoms with E-state index in [1.165, 1.54) is 0 Å². The van der Waals surface area contributed by atoms with E-state index < -0.39 is 0 Å². The molecular weight excluding hydrogens is 312 g/mol. The van der Waals surface area contributed by atoms with E-state index in [-0.39, 0.29) is 29.9 Å². The van der Waals surface area contributed by atoms with Gasteiger partial charge in [0, 0.05) is 18.3 Å². The maximum atomic E-state index is 12.8. The second-order valence-electron chi connectivity index (χ2n) is 7.84. The van der Waals surface area contributed by atoms with Crippen LogP contribution < -0.4 is 5.73 Å². The fourth-order valence-electron chi connectivity index (χ4n) is 3.19. The zero-order valence-corrected chi connectivity index (χ0v) is 16.0. The molecule has 1 saturated heterocycles. The Morgan fingerprint density at radius 1 is 1.43 bits per heavy atom. The minimum Gasteiger partial charge on any atom is -0.334 e. The van der Waals surface area contributed by atoms with E-state index in [0.29, 0.717) is 24.1 Å². The van der Waals surface area contributed by atoms with Gasteiger partial charge in [0.1, 0.15) is 0 Å². The van der Waals surface area contributed by atoms with Gasteiger partial charge in [0.25, 0.3) is 5.91 Å². The largest absolute Gasteiger partial charge is 0.334 e. The van der Waals surface area contributed by atoms with Crippen molar-refractivity contribution in [2.24, 2.45) is 11.7 Å². The summed E-state index contributed by atoms with van der Waals surface area (Å²) in [6.45, 7) is 14.1.